The van der Waals surface area contributed by atoms with E-state index in [0.29, 0.717) is 12.3 Å². The molecule has 0 aliphatic heterocycles. The predicted molar refractivity (Wildman–Crippen MR) is 86.6 cm³/mol. The van der Waals surface area contributed by atoms with E-state index in [4.69, 9.17) is 9.47 Å². The molecule has 23 heavy (non-hydrogen) atoms. The second-order valence-corrected chi connectivity index (χ2v) is 5.10. The molecule has 3 aromatic rings. The van der Waals surface area contributed by atoms with Crippen molar-refractivity contribution in [2.75, 3.05) is 7.11 Å². The van der Waals surface area contributed by atoms with Crippen LogP contribution in [0.15, 0.2) is 48.8 Å². The highest BCUT2D eigenvalue weighted by Gasteiger charge is 2.07. The van der Waals surface area contributed by atoms with Crippen LogP contribution in [0.2, 0.25) is 0 Å². The van der Waals surface area contributed by atoms with Crippen LogP contribution in [0.3, 0.4) is 0 Å². The van der Waals surface area contributed by atoms with Gasteiger partial charge in [-0.25, -0.2) is 9.78 Å². The Morgan fingerprint density at radius 2 is 1.91 bits per heavy atom. The molecule has 0 spiro atoms. The van der Waals surface area contributed by atoms with Crippen LogP contribution < -0.4 is 14.8 Å². The molecule has 1 aromatic heterocycles. The van der Waals surface area contributed by atoms with Crippen molar-refractivity contribution in [2.45, 2.75) is 6.54 Å². The molecule has 1 amide bonds. The summed E-state index contributed by atoms with van der Waals surface area (Å²) < 4.78 is 12.3. The molecule has 1 heterocycles. The average molecular weight is 311 g/mol. The number of fused-ring (bicyclic) bond motifs is 1. The van der Waals surface area contributed by atoms with Crippen LogP contribution in [0, 0.1) is 0 Å². The fourth-order valence-corrected chi connectivity index (χ4v) is 2.24. The molecular formula is C17H17N3O3. The lowest BCUT2D eigenvalue weighted by molar-refractivity contribution is 0.200. The SMILES string of the molecule is COc1ccc(CNC(=O)Oc2ccc3c(c2)ncn3C)cc1. The van der Waals surface area contributed by atoms with E-state index in [-0.39, 0.29) is 0 Å². The van der Waals surface area contributed by atoms with Gasteiger partial charge in [0.1, 0.15) is 11.5 Å². The number of carbonyl (C=O) groups is 1. The normalized spacial score (nSPS) is 10.5. The minimum Gasteiger partial charge on any atom is -0.497 e. The van der Waals surface area contributed by atoms with Gasteiger partial charge in [-0.1, -0.05) is 12.1 Å². The topological polar surface area (TPSA) is 65.4 Å². The van der Waals surface area contributed by atoms with Crippen molar-refractivity contribution in [1.29, 1.82) is 0 Å². The number of aryl methyl sites for hydroxylation is 1. The summed E-state index contributed by atoms with van der Waals surface area (Å²) in [4.78, 5) is 16.1. The molecule has 0 radical (unpaired) electrons. The number of hydrogen-bond acceptors (Lipinski definition) is 4. The first kappa shape index (κ1) is 14.9. The molecule has 6 heteroatoms. The Kier molecular flexibility index (Phi) is 4.14. The number of aromatic nitrogens is 2. The van der Waals surface area contributed by atoms with Crippen LogP contribution in [-0.4, -0.2) is 22.8 Å². The van der Waals surface area contributed by atoms with Crippen LogP contribution in [0.4, 0.5) is 4.79 Å². The lowest BCUT2D eigenvalue weighted by Crippen LogP contribution is -2.26. The quantitative estimate of drug-likeness (QED) is 0.804. The monoisotopic (exact) mass is 311 g/mol. The maximum atomic E-state index is 11.9. The van der Waals surface area contributed by atoms with E-state index in [1.807, 2.05) is 41.9 Å². The van der Waals surface area contributed by atoms with Crippen molar-refractivity contribution in [3.8, 4) is 11.5 Å². The molecule has 2 aromatic carbocycles. The number of hydrogen-bond donors (Lipinski definition) is 1. The Morgan fingerprint density at radius 3 is 2.65 bits per heavy atom. The minimum absolute atomic E-state index is 0.384. The zero-order chi connectivity index (χ0) is 16.2. The van der Waals surface area contributed by atoms with Crippen molar-refractivity contribution in [2.24, 2.45) is 7.05 Å². The smallest absolute Gasteiger partial charge is 0.412 e. The summed E-state index contributed by atoms with van der Waals surface area (Å²) in [6.45, 7) is 0.384. The summed E-state index contributed by atoms with van der Waals surface area (Å²) in [5.74, 6) is 1.24. The van der Waals surface area contributed by atoms with Gasteiger partial charge in [0.2, 0.25) is 0 Å². The highest BCUT2D eigenvalue weighted by atomic mass is 16.6. The van der Waals surface area contributed by atoms with E-state index in [2.05, 4.69) is 10.3 Å². The number of rotatable bonds is 4. The Morgan fingerprint density at radius 1 is 1.17 bits per heavy atom. The maximum Gasteiger partial charge on any atom is 0.412 e. The van der Waals surface area contributed by atoms with Gasteiger partial charge in [-0.05, 0) is 29.8 Å². The van der Waals surface area contributed by atoms with Gasteiger partial charge in [0.25, 0.3) is 0 Å². The van der Waals surface area contributed by atoms with E-state index >= 15 is 0 Å². The molecule has 1 N–H and O–H groups in total. The summed E-state index contributed by atoms with van der Waals surface area (Å²) in [5.41, 5.74) is 2.73. The molecule has 6 nitrogen and oxygen atoms in total. The van der Waals surface area contributed by atoms with Crippen molar-refractivity contribution in [3.63, 3.8) is 0 Å². The molecule has 0 fully saturated rings. The summed E-state index contributed by atoms with van der Waals surface area (Å²) in [6.07, 6.45) is 1.22. The molecule has 0 bridgehead atoms. The van der Waals surface area contributed by atoms with Crippen molar-refractivity contribution in [1.82, 2.24) is 14.9 Å². The maximum absolute atomic E-state index is 11.9. The highest BCUT2D eigenvalue weighted by Crippen LogP contribution is 2.19. The van der Waals surface area contributed by atoms with Gasteiger partial charge in [0, 0.05) is 19.7 Å². The first-order chi connectivity index (χ1) is 11.2. The number of carbonyl (C=O) groups excluding carboxylic acids is 1. The van der Waals surface area contributed by atoms with E-state index < -0.39 is 6.09 Å². The van der Waals surface area contributed by atoms with E-state index in [9.17, 15) is 4.79 Å². The van der Waals surface area contributed by atoms with Crippen molar-refractivity contribution < 1.29 is 14.3 Å². The van der Waals surface area contributed by atoms with Gasteiger partial charge in [-0.3, -0.25) is 0 Å². The Bertz CT molecular complexity index is 825. The molecular weight excluding hydrogens is 294 g/mol. The second kappa shape index (κ2) is 6.39. The zero-order valence-electron chi connectivity index (χ0n) is 12.9. The highest BCUT2D eigenvalue weighted by molar-refractivity contribution is 5.78. The van der Waals surface area contributed by atoms with E-state index in [0.717, 1.165) is 22.3 Å². The third-order valence-electron chi connectivity index (χ3n) is 3.50. The lowest BCUT2D eigenvalue weighted by atomic mass is 10.2. The third-order valence-corrected chi connectivity index (χ3v) is 3.50. The lowest BCUT2D eigenvalue weighted by Gasteiger charge is -2.07. The standard InChI is InChI=1S/C17H17N3O3/c1-20-11-19-15-9-14(7-8-16(15)20)23-17(21)18-10-12-3-5-13(22-2)6-4-12/h3-9,11H,10H2,1-2H3,(H,18,21). The molecule has 3 rings (SSSR count). The van der Waals surface area contributed by atoms with Gasteiger partial charge in [0.05, 0.1) is 24.5 Å². The zero-order valence-corrected chi connectivity index (χ0v) is 12.9. The van der Waals surface area contributed by atoms with Gasteiger partial charge in [-0.2, -0.15) is 0 Å². The number of benzene rings is 2. The summed E-state index contributed by atoms with van der Waals surface area (Å²) in [6, 6.07) is 12.8. The molecule has 0 aliphatic carbocycles. The number of nitrogens with one attached hydrogen (secondary N) is 1. The van der Waals surface area contributed by atoms with Gasteiger partial charge in [0.15, 0.2) is 0 Å². The Hall–Kier alpha value is -3.02. The summed E-state index contributed by atoms with van der Waals surface area (Å²) in [7, 11) is 3.53. The number of imidazole rings is 1. The molecule has 0 unspecified atom stereocenters. The molecule has 118 valence electrons. The number of nitrogens with zero attached hydrogens (tertiary/aromatic N) is 2. The Balaban J connectivity index is 1.59. The van der Waals surface area contributed by atoms with Crippen LogP contribution >= 0.6 is 0 Å². The minimum atomic E-state index is -0.504. The summed E-state index contributed by atoms with van der Waals surface area (Å²) >= 11 is 0. The predicted octanol–water partition coefficient (Wildman–Crippen LogP) is 2.87. The van der Waals surface area contributed by atoms with Gasteiger partial charge >= 0.3 is 6.09 Å². The van der Waals surface area contributed by atoms with E-state index in [1.54, 1.807) is 25.6 Å². The first-order valence-corrected chi connectivity index (χ1v) is 7.15. The first-order valence-electron chi connectivity index (χ1n) is 7.15. The van der Waals surface area contributed by atoms with E-state index in [1.165, 1.54) is 0 Å². The molecule has 0 atom stereocenters. The van der Waals surface area contributed by atoms with Gasteiger partial charge in [-0.15, -0.1) is 0 Å². The third kappa shape index (κ3) is 3.42. The van der Waals surface area contributed by atoms with Crippen molar-refractivity contribution >= 4 is 17.1 Å². The Labute approximate surface area is 133 Å². The van der Waals surface area contributed by atoms with Crippen molar-refractivity contribution in [3.05, 3.63) is 54.4 Å². The summed E-state index contributed by atoms with van der Waals surface area (Å²) in [5, 5.41) is 2.71. The number of amides is 1. The van der Waals surface area contributed by atoms with Crippen LogP contribution in [0.25, 0.3) is 11.0 Å². The van der Waals surface area contributed by atoms with Gasteiger partial charge < -0.3 is 19.4 Å². The molecule has 0 aliphatic rings. The number of ether oxygens (including phenoxy) is 2. The molecule has 0 saturated carbocycles. The fourth-order valence-electron chi connectivity index (χ4n) is 2.24. The largest absolute Gasteiger partial charge is 0.497 e. The number of methoxy groups -OCH3 is 1. The van der Waals surface area contributed by atoms with Crippen LogP contribution in [-0.2, 0) is 13.6 Å². The van der Waals surface area contributed by atoms with Crippen LogP contribution in [0.1, 0.15) is 5.56 Å². The average Bonchev–Trinajstić information content (AvgIpc) is 2.94. The fraction of sp³-hybridized carbons (Fsp3) is 0.176. The van der Waals surface area contributed by atoms with Crippen LogP contribution in [0.5, 0.6) is 11.5 Å². The second-order valence-electron chi connectivity index (χ2n) is 5.10. The molecule has 0 saturated heterocycles.